The Morgan fingerprint density at radius 1 is 1.37 bits per heavy atom. The fraction of sp³-hybridized carbons (Fsp3) is 1.00. The molecule has 1 saturated heterocycles. The lowest BCUT2D eigenvalue weighted by atomic mass is 10.2. The highest BCUT2D eigenvalue weighted by Crippen LogP contribution is 2.12. The van der Waals surface area contributed by atoms with Crippen LogP contribution in [0.15, 0.2) is 0 Å². The van der Waals surface area contributed by atoms with E-state index in [4.69, 9.17) is 9.47 Å². The highest BCUT2D eigenvalue weighted by molar-refractivity contribution is 4.70. The van der Waals surface area contributed by atoms with Gasteiger partial charge in [0, 0.05) is 32.8 Å². The standard InChI is InChI=1S/C15H32N2O2/c1-4-17(13-15-7-5-11-19-15)10-9-16-8-6-12-18-14(2)3/h14-16H,4-13H2,1-3H3. The minimum absolute atomic E-state index is 0.349. The Balaban J connectivity index is 1.93. The maximum absolute atomic E-state index is 5.69. The molecule has 0 aliphatic carbocycles. The summed E-state index contributed by atoms with van der Waals surface area (Å²) in [5, 5.41) is 3.49. The van der Waals surface area contributed by atoms with Gasteiger partial charge in [0.25, 0.3) is 0 Å². The molecule has 1 rings (SSSR count). The van der Waals surface area contributed by atoms with E-state index in [0.29, 0.717) is 12.2 Å². The first-order valence-corrected chi connectivity index (χ1v) is 7.88. The van der Waals surface area contributed by atoms with E-state index >= 15 is 0 Å². The van der Waals surface area contributed by atoms with Gasteiger partial charge in [0.2, 0.25) is 0 Å². The zero-order valence-corrected chi connectivity index (χ0v) is 13.0. The van der Waals surface area contributed by atoms with Crippen LogP contribution in [0, 0.1) is 0 Å². The SMILES string of the molecule is CCN(CCNCCCOC(C)C)CC1CCCO1. The van der Waals surface area contributed by atoms with Crippen molar-refractivity contribution in [3.8, 4) is 0 Å². The smallest absolute Gasteiger partial charge is 0.0702 e. The van der Waals surface area contributed by atoms with Crippen LogP contribution in [0.2, 0.25) is 0 Å². The molecule has 0 bridgehead atoms. The van der Waals surface area contributed by atoms with Gasteiger partial charge in [-0.25, -0.2) is 0 Å². The molecule has 0 spiro atoms. The summed E-state index contributed by atoms with van der Waals surface area (Å²) in [5.41, 5.74) is 0. The topological polar surface area (TPSA) is 33.7 Å². The van der Waals surface area contributed by atoms with E-state index in [0.717, 1.165) is 52.4 Å². The lowest BCUT2D eigenvalue weighted by molar-refractivity contribution is 0.0734. The van der Waals surface area contributed by atoms with Crippen molar-refractivity contribution in [1.29, 1.82) is 0 Å². The van der Waals surface area contributed by atoms with Crippen LogP contribution in [0.25, 0.3) is 0 Å². The monoisotopic (exact) mass is 272 g/mol. The molecule has 1 unspecified atom stereocenters. The Morgan fingerprint density at radius 2 is 2.21 bits per heavy atom. The number of nitrogens with zero attached hydrogens (tertiary/aromatic N) is 1. The average Bonchev–Trinajstić information content (AvgIpc) is 2.88. The second-order valence-corrected chi connectivity index (χ2v) is 5.55. The fourth-order valence-corrected chi connectivity index (χ4v) is 2.33. The average molecular weight is 272 g/mol. The van der Waals surface area contributed by atoms with Crippen LogP contribution >= 0.6 is 0 Å². The van der Waals surface area contributed by atoms with E-state index in [9.17, 15) is 0 Å². The molecule has 1 aliphatic heterocycles. The highest BCUT2D eigenvalue weighted by atomic mass is 16.5. The fourth-order valence-electron chi connectivity index (χ4n) is 2.33. The van der Waals surface area contributed by atoms with Gasteiger partial charge in [-0.15, -0.1) is 0 Å². The largest absolute Gasteiger partial charge is 0.379 e. The third-order valence-electron chi connectivity index (χ3n) is 3.49. The molecule has 1 aliphatic rings. The molecule has 0 aromatic heterocycles. The lowest BCUT2D eigenvalue weighted by Crippen LogP contribution is -2.37. The highest BCUT2D eigenvalue weighted by Gasteiger charge is 2.17. The normalized spacial score (nSPS) is 19.7. The van der Waals surface area contributed by atoms with Crippen molar-refractivity contribution in [2.24, 2.45) is 0 Å². The molecule has 114 valence electrons. The number of hydrogen-bond donors (Lipinski definition) is 1. The van der Waals surface area contributed by atoms with Crippen molar-refractivity contribution < 1.29 is 9.47 Å². The third kappa shape index (κ3) is 8.58. The van der Waals surface area contributed by atoms with Crippen LogP contribution in [-0.2, 0) is 9.47 Å². The van der Waals surface area contributed by atoms with E-state index in [1.165, 1.54) is 12.8 Å². The molecule has 19 heavy (non-hydrogen) atoms. The van der Waals surface area contributed by atoms with Gasteiger partial charge in [-0.05, 0) is 46.2 Å². The van der Waals surface area contributed by atoms with Crippen LogP contribution in [0.4, 0.5) is 0 Å². The van der Waals surface area contributed by atoms with E-state index in [1.807, 2.05) is 0 Å². The van der Waals surface area contributed by atoms with Crippen molar-refractivity contribution in [2.75, 3.05) is 45.9 Å². The molecule has 0 aromatic rings. The van der Waals surface area contributed by atoms with Crippen molar-refractivity contribution >= 4 is 0 Å². The minimum Gasteiger partial charge on any atom is -0.379 e. The van der Waals surface area contributed by atoms with Crippen LogP contribution in [0.1, 0.15) is 40.0 Å². The van der Waals surface area contributed by atoms with Gasteiger partial charge < -0.3 is 14.8 Å². The molecule has 0 amide bonds. The summed E-state index contributed by atoms with van der Waals surface area (Å²) in [5.74, 6) is 0. The first-order valence-electron chi connectivity index (χ1n) is 7.88. The predicted octanol–water partition coefficient (Wildman–Crippen LogP) is 1.89. The van der Waals surface area contributed by atoms with E-state index < -0.39 is 0 Å². The zero-order valence-electron chi connectivity index (χ0n) is 13.0. The van der Waals surface area contributed by atoms with Crippen LogP contribution in [0.5, 0.6) is 0 Å². The van der Waals surface area contributed by atoms with Crippen molar-refractivity contribution in [1.82, 2.24) is 10.2 Å². The summed E-state index contributed by atoms with van der Waals surface area (Å²) in [6.45, 7) is 13.6. The number of likely N-dealkylation sites (N-methyl/N-ethyl adjacent to an activating group) is 1. The van der Waals surface area contributed by atoms with Crippen molar-refractivity contribution in [3.63, 3.8) is 0 Å². The molecule has 0 radical (unpaired) electrons. The lowest BCUT2D eigenvalue weighted by Gasteiger charge is -2.23. The third-order valence-corrected chi connectivity index (χ3v) is 3.49. The molecule has 1 atom stereocenters. The van der Waals surface area contributed by atoms with E-state index in [1.54, 1.807) is 0 Å². The van der Waals surface area contributed by atoms with Gasteiger partial charge in [0.05, 0.1) is 12.2 Å². The van der Waals surface area contributed by atoms with Gasteiger partial charge >= 0.3 is 0 Å². The van der Waals surface area contributed by atoms with Crippen molar-refractivity contribution in [3.05, 3.63) is 0 Å². The summed E-state index contributed by atoms with van der Waals surface area (Å²) < 4.78 is 11.2. The van der Waals surface area contributed by atoms with Gasteiger partial charge in [0.1, 0.15) is 0 Å². The molecule has 1 fully saturated rings. The Bertz CT molecular complexity index is 206. The number of ether oxygens (including phenoxy) is 2. The quantitative estimate of drug-likeness (QED) is 0.582. The molecule has 0 saturated carbocycles. The zero-order chi connectivity index (χ0) is 13.9. The Hall–Kier alpha value is -0.160. The number of hydrogen-bond acceptors (Lipinski definition) is 4. The molecular formula is C15H32N2O2. The maximum atomic E-state index is 5.69. The molecular weight excluding hydrogens is 240 g/mol. The summed E-state index contributed by atoms with van der Waals surface area (Å²) in [6, 6.07) is 0. The Morgan fingerprint density at radius 3 is 2.84 bits per heavy atom. The first-order chi connectivity index (χ1) is 9.22. The van der Waals surface area contributed by atoms with Gasteiger partial charge in [-0.1, -0.05) is 6.92 Å². The van der Waals surface area contributed by atoms with E-state index in [-0.39, 0.29) is 0 Å². The Kier molecular flexibility index (Phi) is 9.43. The summed E-state index contributed by atoms with van der Waals surface area (Å²) >= 11 is 0. The van der Waals surface area contributed by atoms with Crippen LogP contribution < -0.4 is 5.32 Å². The molecule has 4 nitrogen and oxygen atoms in total. The van der Waals surface area contributed by atoms with Crippen molar-refractivity contribution in [2.45, 2.75) is 52.2 Å². The maximum Gasteiger partial charge on any atom is 0.0702 e. The Labute approximate surface area is 118 Å². The van der Waals surface area contributed by atoms with Gasteiger partial charge in [-0.2, -0.15) is 0 Å². The number of rotatable bonds is 11. The minimum atomic E-state index is 0.349. The van der Waals surface area contributed by atoms with Gasteiger partial charge in [-0.3, -0.25) is 4.90 Å². The van der Waals surface area contributed by atoms with Crippen LogP contribution in [0.3, 0.4) is 0 Å². The summed E-state index contributed by atoms with van der Waals surface area (Å²) in [4.78, 5) is 2.48. The number of nitrogens with one attached hydrogen (secondary N) is 1. The predicted molar refractivity (Wildman–Crippen MR) is 79.7 cm³/mol. The van der Waals surface area contributed by atoms with E-state index in [2.05, 4.69) is 31.0 Å². The van der Waals surface area contributed by atoms with Gasteiger partial charge in [0.15, 0.2) is 0 Å². The second kappa shape index (κ2) is 10.6. The molecule has 1 heterocycles. The second-order valence-electron chi connectivity index (χ2n) is 5.55. The summed E-state index contributed by atoms with van der Waals surface area (Å²) in [6.07, 6.45) is 4.38. The molecule has 0 aromatic carbocycles. The first kappa shape index (κ1) is 16.9. The summed E-state index contributed by atoms with van der Waals surface area (Å²) in [7, 11) is 0. The van der Waals surface area contributed by atoms with Crippen LogP contribution in [-0.4, -0.2) is 63.0 Å². The molecule has 1 N–H and O–H groups in total. The molecule has 4 heteroatoms.